The lowest BCUT2D eigenvalue weighted by Gasteiger charge is -2.31. The number of Topliss-reactive ketones (excluding diaryl/α,β-unsaturated/α-hetero) is 1. The first-order valence-electron chi connectivity index (χ1n) is 8.12. The lowest BCUT2D eigenvalue weighted by atomic mass is 9.90. The largest absolute Gasteiger partial charge is 0.497 e. The average Bonchev–Trinajstić information content (AvgIpc) is 2.63. The summed E-state index contributed by atoms with van der Waals surface area (Å²) in [6.45, 7) is 2.47. The highest BCUT2D eigenvalue weighted by Gasteiger charge is 2.26. The third-order valence-corrected chi connectivity index (χ3v) is 4.36. The van der Waals surface area contributed by atoms with Gasteiger partial charge in [0.25, 0.3) is 0 Å². The van der Waals surface area contributed by atoms with Crippen molar-refractivity contribution in [2.45, 2.75) is 19.4 Å². The number of anilines is 1. The number of carbonyl (C=O) groups is 1. The van der Waals surface area contributed by atoms with E-state index >= 15 is 0 Å². The summed E-state index contributed by atoms with van der Waals surface area (Å²) in [5.41, 5.74) is 7.25. The summed E-state index contributed by atoms with van der Waals surface area (Å²) in [5.74, 6) is 1.20. The second-order valence-electron chi connectivity index (χ2n) is 6.12. The third-order valence-electron chi connectivity index (χ3n) is 4.36. The van der Waals surface area contributed by atoms with E-state index in [1.165, 1.54) is 0 Å². The van der Waals surface area contributed by atoms with Crippen LogP contribution in [0.1, 0.15) is 28.8 Å². The first-order valence-corrected chi connectivity index (χ1v) is 8.12. The van der Waals surface area contributed by atoms with Crippen molar-refractivity contribution in [3.63, 3.8) is 0 Å². The Kier molecular flexibility index (Phi) is 5.05. The fourth-order valence-corrected chi connectivity index (χ4v) is 3.13. The van der Waals surface area contributed by atoms with E-state index in [1.54, 1.807) is 19.5 Å². The van der Waals surface area contributed by atoms with Gasteiger partial charge in [-0.05, 0) is 31.5 Å². The molecule has 6 heteroatoms. The SMILES string of the molecule is COc1cccc(C(=O)[C@@H]2CCCN(Cc3cnc(N)nc3)C2)c1. The molecule has 1 fully saturated rings. The van der Waals surface area contributed by atoms with Crippen LogP contribution in [0.3, 0.4) is 0 Å². The number of ketones is 1. The number of carbonyl (C=O) groups excluding carboxylic acids is 1. The van der Waals surface area contributed by atoms with Gasteiger partial charge in [0.15, 0.2) is 5.78 Å². The number of hydrogen-bond donors (Lipinski definition) is 1. The van der Waals surface area contributed by atoms with Crippen molar-refractivity contribution in [2.75, 3.05) is 25.9 Å². The molecule has 1 aliphatic rings. The zero-order valence-electron chi connectivity index (χ0n) is 13.8. The number of piperidine rings is 1. The fraction of sp³-hybridized carbons (Fsp3) is 0.389. The molecule has 2 aromatic rings. The van der Waals surface area contributed by atoms with E-state index in [4.69, 9.17) is 10.5 Å². The van der Waals surface area contributed by atoms with Gasteiger partial charge in [0.1, 0.15) is 5.75 Å². The Hall–Kier alpha value is -2.47. The predicted octanol–water partition coefficient (Wildman–Crippen LogP) is 2.16. The van der Waals surface area contributed by atoms with Crippen LogP contribution in [0.4, 0.5) is 5.95 Å². The minimum absolute atomic E-state index is 0.0144. The lowest BCUT2D eigenvalue weighted by molar-refractivity contribution is 0.0811. The number of aromatic nitrogens is 2. The van der Waals surface area contributed by atoms with Gasteiger partial charge in [-0.2, -0.15) is 0 Å². The number of nitrogens with two attached hydrogens (primary N) is 1. The summed E-state index contributed by atoms with van der Waals surface area (Å²) in [7, 11) is 1.61. The second-order valence-corrected chi connectivity index (χ2v) is 6.12. The molecular formula is C18H22N4O2. The molecule has 1 aromatic heterocycles. The first-order chi connectivity index (χ1) is 11.7. The molecule has 0 unspecified atom stereocenters. The number of hydrogen-bond acceptors (Lipinski definition) is 6. The van der Waals surface area contributed by atoms with Gasteiger partial charge in [0.2, 0.25) is 5.95 Å². The summed E-state index contributed by atoms with van der Waals surface area (Å²) < 4.78 is 5.22. The number of benzene rings is 1. The molecule has 6 nitrogen and oxygen atoms in total. The number of rotatable bonds is 5. The van der Waals surface area contributed by atoms with Crippen LogP contribution >= 0.6 is 0 Å². The van der Waals surface area contributed by atoms with E-state index in [9.17, 15) is 4.79 Å². The van der Waals surface area contributed by atoms with Crippen LogP contribution in [-0.4, -0.2) is 40.9 Å². The lowest BCUT2D eigenvalue weighted by Crippen LogP contribution is -2.38. The fourth-order valence-electron chi connectivity index (χ4n) is 3.13. The molecule has 2 heterocycles. The number of nitrogens with zero attached hydrogens (tertiary/aromatic N) is 3. The predicted molar refractivity (Wildman–Crippen MR) is 91.8 cm³/mol. The summed E-state index contributed by atoms with van der Waals surface area (Å²) in [6, 6.07) is 7.39. The maximum absolute atomic E-state index is 12.8. The van der Waals surface area contributed by atoms with Crippen LogP contribution in [0.25, 0.3) is 0 Å². The summed E-state index contributed by atoms with van der Waals surface area (Å²) in [4.78, 5) is 23.1. The Morgan fingerprint density at radius 1 is 1.38 bits per heavy atom. The van der Waals surface area contributed by atoms with Gasteiger partial charge in [-0.3, -0.25) is 9.69 Å². The Morgan fingerprint density at radius 2 is 2.17 bits per heavy atom. The van der Waals surface area contributed by atoms with Crippen molar-refractivity contribution >= 4 is 11.7 Å². The van der Waals surface area contributed by atoms with E-state index in [-0.39, 0.29) is 17.6 Å². The molecule has 3 rings (SSSR count). The Bertz CT molecular complexity index is 702. The van der Waals surface area contributed by atoms with Crippen molar-refractivity contribution in [2.24, 2.45) is 5.92 Å². The van der Waals surface area contributed by atoms with Crippen LogP contribution in [0, 0.1) is 5.92 Å². The van der Waals surface area contributed by atoms with Gasteiger partial charge in [0.05, 0.1) is 7.11 Å². The molecular weight excluding hydrogens is 304 g/mol. The van der Waals surface area contributed by atoms with E-state index < -0.39 is 0 Å². The van der Waals surface area contributed by atoms with Crippen LogP contribution in [0.15, 0.2) is 36.7 Å². The van der Waals surface area contributed by atoms with Gasteiger partial charge in [0, 0.05) is 42.5 Å². The van der Waals surface area contributed by atoms with E-state index in [0.717, 1.165) is 43.6 Å². The standard InChI is InChI=1S/C18H22N4O2/c1-24-16-6-2-4-14(8-16)17(23)15-5-3-7-22(12-15)11-13-9-20-18(19)21-10-13/h2,4,6,8-10,15H,3,5,7,11-12H2,1H3,(H2,19,20,21)/t15-/m1/s1. The van der Waals surface area contributed by atoms with Gasteiger partial charge in [-0.25, -0.2) is 9.97 Å². The molecule has 0 bridgehead atoms. The molecule has 1 aromatic carbocycles. The molecule has 24 heavy (non-hydrogen) atoms. The molecule has 0 spiro atoms. The van der Waals surface area contributed by atoms with E-state index in [1.807, 2.05) is 24.3 Å². The summed E-state index contributed by atoms with van der Waals surface area (Å²) in [6.07, 6.45) is 5.42. The highest BCUT2D eigenvalue weighted by molar-refractivity contribution is 5.98. The molecule has 126 valence electrons. The van der Waals surface area contributed by atoms with Crippen LogP contribution in [0.2, 0.25) is 0 Å². The van der Waals surface area contributed by atoms with Crippen molar-refractivity contribution in [1.82, 2.24) is 14.9 Å². The van der Waals surface area contributed by atoms with Crippen molar-refractivity contribution in [1.29, 1.82) is 0 Å². The Labute approximate surface area is 141 Å². The van der Waals surface area contributed by atoms with Crippen molar-refractivity contribution in [3.05, 3.63) is 47.8 Å². The molecule has 0 radical (unpaired) electrons. The smallest absolute Gasteiger partial charge is 0.219 e. The summed E-state index contributed by atoms with van der Waals surface area (Å²) >= 11 is 0. The highest BCUT2D eigenvalue weighted by atomic mass is 16.5. The molecule has 0 amide bonds. The number of likely N-dealkylation sites (tertiary alicyclic amines) is 1. The maximum atomic E-state index is 12.8. The summed E-state index contributed by atoms with van der Waals surface area (Å²) in [5, 5.41) is 0. The van der Waals surface area contributed by atoms with Crippen LogP contribution < -0.4 is 10.5 Å². The molecule has 0 saturated carbocycles. The van der Waals surface area contributed by atoms with E-state index in [2.05, 4.69) is 14.9 Å². The molecule has 1 atom stereocenters. The average molecular weight is 326 g/mol. The molecule has 2 N–H and O–H groups in total. The zero-order chi connectivity index (χ0) is 16.9. The van der Waals surface area contributed by atoms with Crippen LogP contribution in [-0.2, 0) is 6.54 Å². The second kappa shape index (κ2) is 7.40. The normalized spacial score (nSPS) is 18.3. The quantitative estimate of drug-likeness (QED) is 0.848. The Balaban J connectivity index is 1.66. The Morgan fingerprint density at radius 3 is 2.92 bits per heavy atom. The number of ether oxygens (including phenoxy) is 1. The maximum Gasteiger partial charge on any atom is 0.219 e. The molecule has 1 aliphatic heterocycles. The van der Waals surface area contributed by atoms with Gasteiger partial charge in [-0.1, -0.05) is 12.1 Å². The van der Waals surface area contributed by atoms with Gasteiger partial charge < -0.3 is 10.5 Å². The highest BCUT2D eigenvalue weighted by Crippen LogP contribution is 2.24. The minimum Gasteiger partial charge on any atom is -0.497 e. The minimum atomic E-state index is 0.0144. The zero-order valence-corrected chi connectivity index (χ0v) is 13.8. The van der Waals surface area contributed by atoms with Crippen molar-refractivity contribution in [3.8, 4) is 5.75 Å². The van der Waals surface area contributed by atoms with Gasteiger partial charge >= 0.3 is 0 Å². The first kappa shape index (κ1) is 16.4. The van der Waals surface area contributed by atoms with Gasteiger partial charge in [-0.15, -0.1) is 0 Å². The molecule has 0 aliphatic carbocycles. The monoisotopic (exact) mass is 326 g/mol. The third kappa shape index (κ3) is 3.89. The van der Waals surface area contributed by atoms with E-state index in [0.29, 0.717) is 5.75 Å². The van der Waals surface area contributed by atoms with Crippen molar-refractivity contribution < 1.29 is 9.53 Å². The molecule has 1 saturated heterocycles. The number of nitrogen functional groups attached to an aromatic ring is 1. The number of methoxy groups -OCH3 is 1. The topological polar surface area (TPSA) is 81.3 Å². The van der Waals surface area contributed by atoms with Crippen LogP contribution in [0.5, 0.6) is 5.75 Å².